The minimum Gasteiger partial charge on any atom is -0.394 e. The lowest BCUT2D eigenvalue weighted by atomic mass is 10.0. The standard InChI is InChI=1S/C17H16ClNO2/c18-14-7-4-8-15-13(14)9-10-19(15)17(16(21)11-20)12-5-2-1-3-6-12/h1-10,16-17,20-21H,11H2/t16-,17+/m1/s1. The van der Waals surface area contributed by atoms with Gasteiger partial charge < -0.3 is 14.8 Å². The van der Waals surface area contributed by atoms with Crippen LogP contribution in [0.2, 0.25) is 5.02 Å². The Labute approximate surface area is 128 Å². The van der Waals surface area contributed by atoms with Crippen molar-refractivity contribution < 1.29 is 10.2 Å². The van der Waals surface area contributed by atoms with Gasteiger partial charge in [0.1, 0.15) is 6.10 Å². The van der Waals surface area contributed by atoms with Crippen molar-refractivity contribution in [1.29, 1.82) is 0 Å². The summed E-state index contributed by atoms with van der Waals surface area (Å²) in [5, 5.41) is 21.3. The summed E-state index contributed by atoms with van der Waals surface area (Å²) in [6.45, 7) is -0.306. The average Bonchev–Trinajstić information content (AvgIpc) is 2.94. The smallest absolute Gasteiger partial charge is 0.102 e. The topological polar surface area (TPSA) is 45.4 Å². The molecule has 0 spiro atoms. The number of benzene rings is 2. The first-order valence-corrected chi connectivity index (χ1v) is 7.19. The summed E-state index contributed by atoms with van der Waals surface area (Å²) in [7, 11) is 0. The fraction of sp³-hybridized carbons (Fsp3) is 0.176. The van der Waals surface area contributed by atoms with Crippen LogP contribution in [-0.2, 0) is 0 Å². The molecular formula is C17H16ClNO2. The maximum atomic E-state index is 10.3. The van der Waals surface area contributed by atoms with Crippen LogP contribution in [0.5, 0.6) is 0 Å². The third kappa shape index (κ3) is 2.56. The summed E-state index contributed by atoms with van der Waals surface area (Å²) in [5.74, 6) is 0. The number of nitrogens with zero attached hydrogens (tertiary/aromatic N) is 1. The molecule has 0 unspecified atom stereocenters. The highest BCUT2D eigenvalue weighted by molar-refractivity contribution is 6.35. The normalized spacial score (nSPS) is 14.2. The van der Waals surface area contributed by atoms with Gasteiger partial charge in [0.05, 0.1) is 18.2 Å². The van der Waals surface area contributed by atoms with Gasteiger partial charge in [0, 0.05) is 16.6 Å². The highest BCUT2D eigenvalue weighted by Crippen LogP contribution is 2.31. The van der Waals surface area contributed by atoms with Gasteiger partial charge in [-0.15, -0.1) is 0 Å². The predicted molar refractivity (Wildman–Crippen MR) is 84.6 cm³/mol. The van der Waals surface area contributed by atoms with E-state index >= 15 is 0 Å². The van der Waals surface area contributed by atoms with E-state index in [4.69, 9.17) is 11.6 Å². The van der Waals surface area contributed by atoms with Gasteiger partial charge in [-0.1, -0.05) is 48.0 Å². The molecule has 1 heterocycles. The summed E-state index contributed by atoms with van der Waals surface area (Å²) < 4.78 is 1.96. The molecule has 0 radical (unpaired) electrons. The highest BCUT2D eigenvalue weighted by Gasteiger charge is 2.23. The second kappa shape index (κ2) is 5.90. The molecule has 21 heavy (non-hydrogen) atoms. The Morgan fingerprint density at radius 3 is 2.48 bits per heavy atom. The van der Waals surface area contributed by atoms with Crippen LogP contribution in [0.3, 0.4) is 0 Å². The van der Waals surface area contributed by atoms with E-state index in [1.54, 1.807) is 0 Å². The van der Waals surface area contributed by atoms with Crippen molar-refractivity contribution in [3.8, 4) is 0 Å². The third-order valence-corrected chi connectivity index (χ3v) is 4.03. The highest BCUT2D eigenvalue weighted by atomic mass is 35.5. The van der Waals surface area contributed by atoms with Gasteiger partial charge in [0.15, 0.2) is 0 Å². The molecule has 0 bridgehead atoms. The van der Waals surface area contributed by atoms with Gasteiger partial charge in [-0.05, 0) is 23.8 Å². The number of hydrogen-bond donors (Lipinski definition) is 2. The number of hydrogen-bond acceptors (Lipinski definition) is 2. The molecule has 0 fully saturated rings. The molecule has 2 atom stereocenters. The van der Waals surface area contributed by atoms with Crippen LogP contribution in [0.4, 0.5) is 0 Å². The number of aliphatic hydroxyl groups is 2. The first-order valence-electron chi connectivity index (χ1n) is 6.81. The van der Waals surface area contributed by atoms with Crippen LogP contribution in [0.25, 0.3) is 10.9 Å². The maximum Gasteiger partial charge on any atom is 0.102 e. The number of aromatic nitrogens is 1. The largest absolute Gasteiger partial charge is 0.394 e. The van der Waals surface area contributed by atoms with E-state index in [0.29, 0.717) is 5.02 Å². The van der Waals surface area contributed by atoms with Gasteiger partial charge >= 0.3 is 0 Å². The minimum absolute atomic E-state index is 0.306. The molecule has 2 aromatic carbocycles. The maximum absolute atomic E-state index is 10.3. The van der Waals surface area contributed by atoms with Crippen molar-refractivity contribution in [2.45, 2.75) is 12.1 Å². The monoisotopic (exact) mass is 301 g/mol. The minimum atomic E-state index is -0.887. The van der Waals surface area contributed by atoms with Gasteiger partial charge in [0.2, 0.25) is 0 Å². The lowest BCUT2D eigenvalue weighted by Gasteiger charge is -2.25. The molecule has 3 rings (SSSR count). The van der Waals surface area contributed by atoms with Crippen molar-refractivity contribution in [3.63, 3.8) is 0 Å². The summed E-state index contributed by atoms with van der Waals surface area (Å²) in [5.41, 5.74) is 1.88. The van der Waals surface area contributed by atoms with Crippen molar-refractivity contribution in [2.75, 3.05) is 6.61 Å². The molecule has 0 saturated heterocycles. The Morgan fingerprint density at radius 2 is 1.76 bits per heavy atom. The Bertz CT molecular complexity index is 739. The Balaban J connectivity index is 2.18. The van der Waals surface area contributed by atoms with Gasteiger partial charge in [0.25, 0.3) is 0 Å². The van der Waals surface area contributed by atoms with Crippen LogP contribution in [0, 0.1) is 0 Å². The van der Waals surface area contributed by atoms with E-state index in [0.717, 1.165) is 16.5 Å². The lowest BCUT2D eigenvalue weighted by Crippen LogP contribution is -2.27. The van der Waals surface area contributed by atoms with E-state index in [1.807, 2.05) is 65.4 Å². The zero-order chi connectivity index (χ0) is 14.8. The summed E-state index contributed by atoms with van der Waals surface area (Å²) in [4.78, 5) is 0. The van der Waals surface area contributed by atoms with Crippen LogP contribution in [0.1, 0.15) is 11.6 Å². The second-order valence-corrected chi connectivity index (χ2v) is 5.41. The molecule has 0 aliphatic carbocycles. The van der Waals surface area contributed by atoms with Crippen LogP contribution >= 0.6 is 11.6 Å². The quantitative estimate of drug-likeness (QED) is 0.777. The number of fused-ring (bicyclic) bond motifs is 1. The predicted octanol–water partition coefficient (Wildman–Crippen LogP) is 3.24. The zero-order valence-corrected chi connectivity index (χ0v) is 12.1. The summed E-state index contributed by atoms with van der Waals surface area (Å²) in [6.07, 6.45) is 1.01. The van der Waals surface area contributed by atoms with Crippen molar-refractivity contribution in [2.24, 2.45) is 0 Å². The van der Waals surface area contributed by atoms with Gasteiger partial charge in [-0.3, -0.25) is 0 Å². The second-order valence-electron chi connectivity index (χ2n) is 5.00. The zero-order valence-electron chi connectivity index (χ0n) is 11.4. The first kappa shape index (κ1) is 14.1. The molecule has 3 aromatic rings. The van der Waals surface area contributed by atoms with Crippen molar-refractivity contribution in [3.05, 3.63) is 71.4 Å². The third-order valence-electron chi connectivity index (χ3n) is 3.70. The molecule has 0 amide bonds. The molecule has 108 valence electrons. The Morgan fingerprint density at radius 1 is 1.00 bits per heavy atom. The molecule has 0 saturated carbocycles. The molecular weight excluding hydrogens is 286 g/mol. The number of aliphatic hydroxyl groups excluding tert-OH is 2. The molecule has 0 aliphatic rings. The number of rotatable bonds is 4. The summed E-state index contributed by atoms with van der Waals surface area (Å²) in [6, 6.07) is 16.9. The Hall–Kier alpha value is -1.81. The SMILES string of the molecule is OC[C@@H](O)[C@H](c1ccccc1)n1ccc2c(Cl)cccc21. The van der Waals surface area contributed by atoms with Gasteiger partial charge in [-0.25, -0.2) is 0 Å². The number of halogens is 1. The van der Waals surface area contributed by atoms with Crippen molar-refractivity contribution >= 4 is 22.5 Å². The van der Waals surface area contributed by atoms with Gasteiger partial charge in [-0.2, -0.15) is 0 Å². The van der Waals surface area contributed by atoms with Crippen LogP contribution in [-0.4, -0.2) is 27.5 Å². The molecule has 1 aromatic heterocycles. The fourth-order valence-electron chi connectivity index (χ4n) is 2.71. The first-order chi connectivity index (χ1) is 10.2. The summed E-state index contributed by atoms with van der Waals surface area (Å²) >= 11 is 6.21. The van der Waals surface area contributed by atoms with Crippen molar-refractivity contribution in [1.82, 2.24) is 4.57 Å². The fourth-order valence-corrected chi connectivity index (χ4v) is 2.94. The van der Waals surface area contributed by atoms with E-state index in [9.17, 15) is 10.2 Å². The van der Waals surface area contributed by atoms with E-state index < -0.39 is 6.10 Å². The van der Waals surface area contributed by atoms with Crippen LogP contribution < -0.4 is 0 Å². The van der Waals surface area contributed by atoms with Crippen LogP contribution in [0.15, 0.2) is 60.8 Å². The molecule has 2 N–H and O–H groups in total. The van der Waals surface area contributed by atoms with E-state index in [2.05, 4.69) is 0 Å². The molecule has 0 aliphatic heterocycles. The molecule has 4 heteroatoms. The average molecular weight is 302 g/mol. The molecule has 3 nitrogen and oxygen atoms in total. The van der Waals surface area contributed by atoms with E-state index in [1.165, 1.54) is 0 Å². The van der Waals surface area contributed by atoms with E-state index in [-0.39, 0.29) is 12.6 Å². The Kier molecular flexibility index (Phi) is 3.97. The lowest BCUT2D eigenvalue weighted by molar-refractivity contribution is 0.0654.